The lowest BCUT2D eigenvalue weighted by Crippen LogP contribution is -2.42. The van der Waals surface area contributed by atoms with E-state index in [9.17, 15) is 5.11 Å². The van der Waals surface area contributed by atoms with Crippen molar-refractivity contribution >= 4 is 10.9 Å². The molecule has 2 heterocycles. The largest absolute Gasteiger partial charge is 0.489 e. The van der Waals surface area contributed by atoms with Crippen LogP contribution in [-0.4, -0.2) is 60.5 Å². The van der Waals surface area contributed by atoms with Crippen LogP contribution in [0.2, 0.25) is 0 Å². The second kappa shape index (κ2) is 7.05. The van der Waals surface area contributed by atoms with Crippen molar-refractivity contribution in [2.75, 3.05) is 39.5 Å². The van der Waals surface area contributed by atoms with Crippen LogP contribution < -0.4 is 4.74 Å². The number of morpholine rings is 1. The molecule has 1 aliphatic heterocycles. The fourth-order valence-corrected chi connectivity index (χ4v) is 2.65. The van der Waals surface area contributed by atoms with E-state index in [1.54, 1.807) is 0 Å². The highest BCUT2D eigenvalue weighted by Crippen LogP contribution is 2.24. The Morgan fingerprint density at radius 2 is 2.09 bits per heavy atom. The van der Waals surface area contributed by atoms with E-state index in [4.69, 9.17) is 9.47 Å². The van der Waals surface area contributed by atoms with Crippen molar-refractivity contribution in [3.05, 3.63) is 36.0 Å². The standard InChI is InChI=1S/C17H22N2O3/c1-13-5-6-14-3-2-4-16(17(14)18-13)22-12-15(20)11-19-7-9-21-10-8-19/h2-6,15,20H,7-12H2,1H3. The number of fused-ring (bicyclic) bond motifs is 1. The van der Waals surface area contributed by atoms with Gasteiger partial charge in [0.2, 0.25) is 0 Å². The first kappa shape index (κ1) is 15.2. The molecule has 0 saturated carbocycles. The van der Waals surface area contributed by atoms with Crippen LogP contribution in [0.5, 0.6) is 5.75 Å². The number of pyridine rings is 1. The highest BCUT2D eigenvalue weighted by atomic mass is 16.5. The number of ether oxygens (including phenoxy) is 2. The zero-order chi connectivity index (χ0) is 15.4. The quantitative estimate of drug-likeness (QED) is 0.909. The van der Waals surface area contributed by atoms with Gasteiger partial charge >= 0.3 is 0 Å². The number of aromatic nitrogens is 1. The third-order valence-electron chi connectivity index (χ3n) is 3.83. The molecule has 1 N–H and O–H groups in total. The number of aryl methyl sites for hydroxylation is 1. The molecule has 0 spiro atoms. The minimum atomic E-state index is -0.516. The lowest BCUT2D eigenvalue weighted by molar-refractivity contribution is 0.00478. The zero-order valence-electron chi connectivity index (χ0n) is 12.9. The number of para-hydroxylation sites is 1. The lowest BCUT2D eigenvalue weighted by Gasteiger charge is -2.28. The molecule has 0 radical (unpaired) electrons. The van der Waals surface area contributed by atoms with Gasteiger partial charge < -0.3 is 14.6 Å². The van der Waals surface area contributed by atoms with Crippen LogP contribution in [0.15, 0.2) is 30.3 Å². The van der Waals surface area contributed by atoms with Crippen molar-refractivity contribution in [3.63, 3.8) is 0 Å². The Labute approximate surface area is 130 Å². The van der Waals surface area contributed by atoms with Gasteiger partial charge in [-0.05, 0) is 19.1 Å². The van der Waals surface area contributed by atoms with Crippen LogP contribution in [0.1, 0.15) is 5.69 Å². The summed E-state index contributed by atoms with van der Waals surface area (Å²) in [6.07, 6.45) is -0.516. The van der Waals surface area contributed by atoms with Gasteiger partial charge in [0.15, 0.2) is 0 Å². The Kier molecular flexibility index (Phi) is 4.87. The molecule has 22 heavy (non-hydrogen) atoms. The first-order valence-electron chi connectivity index (χ1n) is 7.70. The van der Waals surface area contributed by atoms with Gasteiger partial charge in [0.25, 0.3) is 0 Å². The van der Waals surface area contributed by atoms with Crippen molar-refractivity contribution in [3.8, 4) is 5.75 Å². The topological polar surface area (TPSA) is 54.8 Å². The molecule has 118 valence electrons. The number of benzene rings is 1. The van der Waals surface area contributed by atoms with Crippen LogP contribution in [0.4, 0.5) is 0 Å². The molecule has 5 nitrogen and oxygen atoms in total. The summed E-state index contributed by atoms with van der Waals surface area (Å²) >= 11 is 0. The van der Waals surface area contributed by atoms with Crippen molar-refractivity contribution in [1.29, 1.82) is 0 Å². The molecule has 0 aliphatic carbocycles. The van der Waals surface area contributed by atoms with Crippen LogP contribution in [0, 0.1) is 6.92 Å². The average molecular weight is 302 g/mol. The summed E-state index contributed by atoms with van der Waals surface area (Å²) in [7, 11) is 0. The van der Waals surface area contributed by atoms with E-state index >= 15 is 0 Å². The van der Waals surface area contributed by atoms with Crippen LogP contribution >= 0.6 is 0 Å². The van der Waals surface area contributed by atoms with E-state index in [-0.39, 0.29) is 6.61 Å². The Balaban J connectivity index is 1.62. The molecule has 1 aromatic heterocycles. The number of rotatable bonds is 5. The smallest absolute Gasteiger partial charge is 0.145 e. The molecule has 0 bridgehead atoms. The van der Waals surface area contributed by atoms with Gasteiger partial charge in [-0.15, -0.1) is 0 Å². The van der Waals surface area contributed by atoms with Gasteiger partial charge in [-0.25, -0.2) is 4.98 Å². The number of aliphatic hydroxyl groups is 1. The third-order valence-corrected chi connectivity index (χ3v) is 3.83. The molecule has 3 rings (SSSR count). The summed E-state index contributed by atoms with van der Waals surface area (Å²) in [5, 5.41) is 11.2. The maximum atomic E-state index is 10.2. The normalized spacial score (nSPS) is 17.5. The molecule has 1 saturated heterocycles. The maximum Gasteiger partial charge on any atom is 0.145 e. The van der Waals surface area contributed by atoms with Gasteiger partial charge in [0, 0.05) is 30.7 Å². The number of hydrogen-bond acceptors (Lipinski definition) is 5. The van der Waals surface area contributed by atoms with Crippen LogP contribution in [-0.2, 0) is 4.74 Å². The molecule has 0 amide bonds. The van der Waals surface area contributed by atoms with Gasteiger partial charge in [-0.1, -0.05) is 18.2 Å². The molecule has 1 unspecified atom stereocenters. The van der Waals surface area contributed by atoms with Crippen LogP contribution in [0.3, 0.4) is 0 Å². The summed E-state index contributed by atoms with van der Waals surface area (Å²) in [5.41, 5.74) is 1.80. The Morgan fingerprint density at radius 1 is 1.27 bits per heavy atom. The number of hydrogen-bond donors (Lipinski definition) is 1. The monoisotopic (exact) mass is 302 g/mol. The van der Waals surface area contributed by atoms with Crippen LogP contribution in [0.25, 0.3) is 10.9 Å². The maximum absolute atomic E-state index is 10.2. The number of β-amino-alcohol motifs (C(OH)–C–C–N with tert-alkyl or cyclic N) is 1. The van der Waals surface area contributed by atoms with E-state index in [2.05, 4.69) is 9.88 Å². The van der Waals surface area contributed by atoms with E-state index in [1.165, 1.54) is 0 Å². The van der Waals surface area contributed by atoms with Crippen molar-refractivity contribution < 1.29 is 14.6 Å². The summed E-state index contributed by atoms with van der Waals surface area (Å²) < 4.78 is 11.1. The fourth-order valence-electron chi connectivity index (χ4n) is 2.65. The molecule has 2 aromatic rings. The number of nitrogens with zero attached hydrogens (tertiary/aromatic N) is 2. The van der Waals surface area contributed by atoms with Crippen molar-refractivity contribution in [2.24, 2.45) is 0 Å². The summed E-state index contributed by atoms with van der Waals surface area (Å²) in [6.45, 7) is 6.05. The average Bonchev–Trinajstić information content (AvgIpc) is 2.54. The SMILES string of the molecule is Cc1ccc2cccc(OCC(O)CN3CCOCC3)c2n1. The van der Waals surface area contributed by atoms with Gasteiger partial charge in [0.1, 0.15) is 24.0 Å². The van der Waals surface area contributed by atoms with Gasteiger partial charge in [0.05, 0.1) is 13.2 Å². The van der Waals surface area contributed by atoms with Gasteiger partial charge in [-0.3, -0.25) is 4.90 Å². The minimum Gasteiger partial charge on any atom is -0.489 e. The van der Waals surface area contributed by atoms with Crippen molar-refractivity contribution in [2.45, 2.75) is 13.0 Å². The second-order valence-corrected chi connectivity index (χ2v) is 5.66. The first-order valence-corrected chi connectivity index (χ1v) is 7.70. The molecule has 1 aromatic carbocycles. The molecule has 1 atom stereocenters. The Hall–Kier alpha value is -1.69. The predicted molar refractivity (Wildman–Crippen MR) is 85.2 cm³/mol. The third kappa shape index (κ3) is 3.74. The van der Waals surface area contributed by atoms with E-state index in [1.807, 2.05) is 37.3 Å². The van der Waals surface area contributed by atoms with E-state index in [0.29, 0.717) is 6.54 Å². The lowest BCUT2D eigenvalue weighted by atomic mass is 10.2. The fraction of sp³-hybridized carbons (Fsp3) is 0.471. The summed E-state index contributed by atoms with van der Waals surface area (Å²) in [5.74, 6) is 0.724. The Morgan fingerprint density at radius 3 is 2.91 bits per heavy atom. The minimum absolute atomic E-state index is 0.270. The first-order chi connectivity index (χ1) is 10.7. The molecular formula is C17H22N2O3. The zero-order valence-corrected chi connectivity index (χ0v) is 12.9. The molecular weight excluding hydrogens is 280 g/mol. The highest BCUT2D eigenvalue weighted by molar-refractivity contribution is 5.84. The predicted octanol–water partition coefficient (Wildman–Crippen LogP) is 1.62. The second-order valence-electron chi connectivity index (χ2n) is 5.66. The van der Waals surface area contributed by atoms with E-state index < -0.39 is 6.10 Å². The molecule has 1 aliphatic rings. The number of aliphatic hydroxyl groups excluding tert-OH is 1. The van der Waals surface area contributed by atoms with E-state index in [0.717, 1.165) is 48.6 Å². The van der Waals surface area contributed by atoms with Crippen molar-refractivity contribution in [1.82, 2.24) is 9.88 Å². The Bertz CT molecular complexity index is 626. The van der Waals surface area contributed by atoms with Gasteiger partial charge in [-0.2, -0.15) is 0 Å². The highest BCUT2D eigenvalue weighted by Gasteiger charge is 2.15. The summed E-state index contributed by atoms with van der Waals surface area (Å²) in [4.78, 5) is 6.73. The molecule has 1 fully saturated rings. The summed E-state index contributed by atoms with van der Waals surface area (Å²) in [6, 6.07) is 9.88. The molecule has 5 heteroatoms.